The first-order valence-corrected chi connectivity index (χ1v) is 8.92. The van der Waals surface area contributed by atoms with E-state index in [1.165, 1.54) is 11.8 Å². The van der Waals surface area contributed by atoms with Crippen LogP contribution in [0.15, 0.2) is 30.3 Å². The predicted octanol–water partition coefficient (Wildman–Crippen LogP) is 2.55. The monoisotopic (exact) mass is 283 g/mol. The molecular formula is C15H25NO2S. The highest BCUT2D eigenvalue weighted by Crippen LogP contribution is 2.15. The maximum absolute atomic E-state index is 11.6. The molecule has 2 N–H and O–H groups in total. The number of hydrogen-bond acceptors (Lipinski definition) is 3. The molecule has 1 rings (SSSR count). The molecule has 0 saturated carbocycles. The Morgan fingerprint density at radius 1 is 1.05 bits per heavy atom. The van der Waals surface area contributed by atoms with Gasteiger partial charge in [-0.15, -0.1) is 0 Å². The predicted molar refractivity (Wildman–Crippen MR) is 80.9 cm³/mol. The third kappa shape index (κ3) is 6.73. The first-order chi connectivity index (χ1) is 9.04. The van der Waals surface area contributed by atoms with Crippen molar-refractivity contribution >= 4 is 9.84 Å². The standard InChI is InChI=1S/C15H25NO2S/c1-19(17,18)15(12-13-16)11-7-3-6-10-14-8-4-2-5-9-14/h2,4-5,8-9,15H,3,6-7,10-13,16H2,1H3. The summed E-state index contributed by atoms with van der Waals surface area (Å²) in [5.41, 5.74) is 6.82. The summed E-state index contributed by atoms with van der Waals surface area (Å²) in [4.78, 5) is 0. The van der Waals surface area contributed by atoms with Gasteiger partial charge in [0.1, 0.15) is 9.84 Å². The summed E-state index contributed by atoms with van der Waals surface area (Å²) >= 11 is 0. The van der Waals surface area contributed by atoms with Crippen molar-refractivity contribution in [1.82, 2.24) is 0 Å². The van der Waals surface area contributed by atoms with E-state index in [1.807, 2.05) is 6.07 Å². The zero-order valence-corrected chi connectivity index (χ0v) is 12.5. The average molecular weight is 283 g/mol. The highest BCUT2D eigenvalue weighted by molar-refractivity contribution is 7.91. The van der Waals surface area contributed by atoms with Crippen molar-refractivity contribution in [2.24, 2.45) is 5.73 Å². The van der Waals surface area contributed by atoms with Crippen LogP contribution in [0.4, 0.5) is 0 Å². The van der Waals surface area contributed by atoms with Gasteiger partial charge in [0.05, 0.1) is 5.25 Å². The summed E-state index contributed by atoms with van der Waals surface area (Å²) in [6, 6.07) is 10.4. The molecule has 1 unspecified atom stereocenters. The highest BCUT2D eigenvalue weighted by Gasteiger charge is 2.18. The molecule has 1 atom stereocenters. The highest BCUT2D eigenvalue weighted by atomic mass is 32.2. The van der Waals surface area contributed by atoms with Crippen LogP contribution in [0.3, 0.4) is 0 Å². The zero-order valence-electron chi connectivity index (χ0n) is 11.7. The lowest BCUT2D eigenvalue weighted by atomic mass is 10.0. The Bertz CT molecular complexity index is 442. The van der Waals surface area contributed by atoms with Crippen molar-refractivity contribution in [3.8, 4) is 0 Å². The fraction of sp³-hybridized carbons (Fsp3) is 0.600. The Morgan fingerprint density at radius 3 is 2.32 bits per heavy atom. The minimum absolute atomic E-state index is 0.255. The molecule has 3 nitrogen and oxygen atoms in total. The number of nitrogens with two attached hydrogens (primary N) is 1. The Morgan fingerprint density at radius 2 is 1.74 bits per heavy atom. The quantitative estimate of drug-likeness (QED) is 0.709. The Hall–Kier alpha value is -0.870. The maximum Gasteiger partial charge on any atom is 0.150 e. The van der Waals surface area contributed by atoms with Crippen LogP contribution in [0.25, 0.3) is 0 Å². The SMILES string of the molecule is CS(=O)(=O)C(CCN)CCCCCc1ccccc1. The molecule has 0 aliphatic carbocycles. The summed E-state index contributed by atoms with van der Waals surface area (Å²) in [7, 11) is -2.95. The largest absolute Gasteiger partial charge is 0.330 e. The first-order valence-electron chi connectivity index (χ1n) is 6.97. The first kappa shape index (κ1) is 16.2. The van der Waals surface area contributed by atoms with E-state index in [0.717, 1.165) is 32.1 Å². The second-order valence-corrected chi connectivity index (χ2v) is 7.44. The molecule has 0 aliphatic rings. The lowest BCUT2D eigenvalue weighted by molar-refractivity contribution is 0.548. The molecule has 0 saturated heterocycles. The zero-order chi connectivity index (χ0) is 14.1. The van der Waals surface area contributed by atoms with Crippen LogP contribution in [0.1, 0.15) is 37.7 Å². The third-order valence-corrected chi connectivity index (χ3v) is 5.11. The normalized spacial score (nSPS) is 13.4. The van der Waals surface area contributed by atoms with Crippen molar-refractivity contribution in [3.63, 3.8) is 0 Å². The van der Waals surface area contributed by atoms with E-state index in [0.29, 0.717) is 13.0 Å². The van der Waals surface area contributed by atoms with Crippen molar-refractivity contribution in [1.29, 1.82) is 0 Å². The van der Waals surface area contributed by atoms with Gasteiger partial charge in [-0.05, 0) is 37.8 Å². The van der Waals surface area contributed by atoms with Crippen LogP contribution in [0.2, 0.25) is 0 Å². The summed E-state index contributed by atoms with van der Waals surface area (Å²) in [5.74, 6) is 0. The van der Waals surface area contributed by atoms with Gasteiger partial charge in [0.2, 0.25) is 0 Å². The minimum atomic E-state index is -2.95. The number of aryl methyl sites for hydroxylation is 1. The van der Waals surface area contributed by atoms with E-state index in [-0.39, 0.29) is 5.25 Å². The summed E-state index contributed by atoms with van der Waals surface area (Å²) in [5, 5.41) is -0.255. The van der Waals surface area contributed by atoms with E-state index >= 15 is 0 Å². The molecule has 0 aromatic heterocycles. The smallest absolute Gasteiger partial charge is 0.150 e. The number of hydrogen-bond donors (Lipinski definition) is 1. The fourth-order valence-electron chi connectivity index (χ4n) is 2.28. The van der Waals surface area contributed by atoms with Gasteiger partial charge in [0, 0.05) is 6.26 Å². The third-order valence-electron chi connectivity index (χ3n) is 3.43. The van der Waals surface area contributed by atoms with E-state index in [2.05, 4.69) is 24.3 Å². The van der Waals surface area contributed by atoms with Crippen LogP contribution in [0, 0.1) is 0 Å². The van der Waals surface area contributed by atoms with Crippen LogP contribution in [0.5, 0.6) is 0 Å². The lowest BCUT2D eigenvalue weighted by Crippen LogP contribution is -2.23. The minimum Gasteiger partial charge on any atom is -0.330 e. The van der Waals surface area contributed by atoms with Gasteiger partial charge in [-0.1, -0.05) is 43.2 Å². The van der Waals surface area contributed by atoms with Crippen LogP contribution < -0.4 is 5.73 Å². The topological polar surface area (TPSA) is 60.2 Å². The molecule has 0 heterocycles. The number of sulfone groups is 1. The van der Waals surface area contributed by atoms with Crippen LogP contribution in [-0.4, -0.2) is 26.5 Å². The van der Waals surface area contributed by atoms with E-state index in [1.54, 1.807) is 0 Å². The van der Waals surface area contributed by atoms with Gasteiger partial charge in [-0.25, -0.2) is 8.42 Å². The van der Waals surface area contributed by atoms with Gasteiger partial charge in [0.15, 0.2) is 0 Å². The van der Waals surface area contributed by atoms with E-state index in [4.69, 9.17) is 5.73 Å². The molecule has 4 heteroatoms. The fourth-order valence-corrected chi connectivity index (χ4v) is 3.44. The van der Waals surface area contributed by atoms with Crippen LogP contribution >= 0.6 is 0 Å². The number of unbranched alkanes of at least 4 members (excludes halogenated alkanes) is 2. The van der Waals surface area contributed by atoms with Crippen molar-refractivity contribution in [2.45, 2.75) is 43.8 Å². The Labute approximate surface area is 117 Å². The number of benzene rings is 1. The van der Waals surface area contributed by atoms with Gasteiger partial charge < -0.3 is 5.73 Å². The van der Waals surface area contributed by atoms with E-state index < -0.39 is 9.84 Å². The van der Waals surface area contributed by atoms with Crippen molar-refractivity contribution in [2.75, 3.05) is 12.8 Å². The Kier molecular flexibility index (Phi) is 7.10. The maximum atomic E-state index is 11.6. The molecular weight excluding hydrogens is 258 g/mol. The summed E-state index contributed by atoms with van der Waals surface area (Å²) < 4.78 is 23.1. The molecule has 0 amide bonds. The molecule has 108 valence electrons. The summed E-state index contributed by atoms with van der Waals surface area (Å²) in [6.45, 7) is 0.446. The van der Waals surface area contributed by atoms with Gasteiger partial charge in [-0.2, -0.15) is 0 Å². The van der Waals surface area contributed by atoms with Crippen molar-refractivity contribution in [3.05, 3.63) is 35.9 Å². The molecule has 0 aliphatic heterocycles. The van der Waals surface area contributed by atoms with Gasteiger partial charge in [-0.3, -0.25) is 0 Å². The van der Waals surface area contributed by atoms with Gasteiger partial charge in [0.25, 0.3) is 0 Å². The molecule has 1 aromatic carbocycles. The number of rotatable bonds is 9. The van der Waals surface area contributed by atoms with Gasteiger partial charge >= 0.3 is 0 Å². The van der Waals surface area contributed by atoms with Crippen LogP contribution in [-0.2, 0) is 16.3 Å². The molecule has 0 bridgehead atoms. The lowest BCUT2D eigenvalue weighted by Gasteiger charge is -2.13. The molecule has 1 aromatic rings. The second-order valence-electron chi connectivity index (χ2n) is 5.11. The van der Waals surface area contributed by atoms with E-state index in [9.17, 15) is 8.42 Å². The molecule has 0 radical (unpaired) electrons. The Balaban J connectivity index is 2.22. The second kappa shape index (κ2) is 8.33. The molecule has 0 spiro atoms. The average Bonchev–Trinajstić information content (AvgIpc) is 2.37. The molecule has 19 heavy (non-hydrogen) atoms. The van der Waals surface area contributed by atoms with Crippen molar-refractivity contribution < 1.29 is 8.42 Å². The molecule has 0 fully saturated rings. The summed E-state index contributed by atoms with van der Waals surface area (Å²) in [6.07, 6.45) is 6.86.